The van der Waals surface area contributed by atoms with E-state index in [2.05, 4.69) is 22.1 Å². The van der Waals surface area contributed by atoms with E-state index in [1.165, 1.54) is 18.3 Å². The fraction of sp³-hybridized carbons (Fsp3) is 0.356. The van der Waals surface area contributed by atoms with Crippen molar-refractivity contribution in [1.82, 2.24) is 10.3 Å². The fourth-order valence-corrected chi connectivity index (χ4v) is 9.04. The van der Waals surface area contributed by atoms with Crippen molar-refractivity contribution in [3.8, 4) is 46.2 Å². The van der Waals surface area contributed by atoms with Gasteiger partial charge in [-0.25, -0.2) is 9.59 Å². The zero-order valence-corrected chi connectivity index (χ0v) is 34.6. The Balaban J connectivity index is 1.29. The number of ether oxygens (including phenoxy) is 4. The SMILES string of the molecule is NC1C=CC(C2C=C(Cc3ccc[nH]3)C3(Oc4cc5oc(-c6cc(O)c(O)c(CCO)c6)cc(=O)c5c(O)c42)OC2(CC#CC4(C(=O)O)OC(OC2=O)C(O)C(O)C4O)C(O)C(O)C3O)=CN1. The Morgan fingerprint density at radius 3 is 2.42 bits per heavy atom. The van der Waals surface area contributed by atoms with Gasteiger partial charge >= 0.3 is 11.9 Å². The number of fused-ring (bicyclic) bond motifs is 4. The molecule has 12 unspecified atom stereocenters. The lowest BCUT2D eigenvalue weighted by atomic mass is 9.77. The number of phenolic OH excluding ortho intramolecular Hbond substituents is 3. The molecule has 9 rings (SSSR count). The fourth-order valence-electron chi connectivity index (χ4n) is 9.04. The van der Waals surface area contributed by atoms with Crippen LogP contribution >= 0.6 is 0 Å². The number of benzene rings is 2. The first-order valence-corrected chi connectivity index (χ1v) is 20.7. The number of phenols is 3. The smallest absolute Gasteiger partial charge is 0.351 e. The molecule has 2 saturated heterocycles. The standard InChI is InChI=1S/C45H43N3O19/c46-29-5-4-19(17-48-29)23-14-21(13-22-3-1-9-47-22)45(65-28-16-27-31(33(53)30(23)28)24(50)15-26(63-27)20-11-18(6-10-49)32(52)25(51)12-20)39(59)36(56)38(58)44(67-45)8-2-7-43(41(60)61)37(57)34(54)35(55)40(66-43)64-42(44)62/h1,3-5,9,11-12,14-17,23,29,34-40,47-49,51-59H,6,8,10,13,46H2,(H,60,61). The minimum absolute atomic E-state index is 0.0606. The summed E-state index contributed by atoms with van der Waals surface area (Å²) >= 11 is 0. The highest BCUT2D eigenvalue weighted by Crippen LogP contribution is 2.54. The van der Waals surface area contributed by atoms with E-state index >= 15 is 0 Å². The van der Waals surface area contributed by atoms with Crippen LogP contribution in [0.25, 0.3) is 22.3 Å². The number of aliphatic carboxylic acids is 1. The molecule has 15 N–H and O–H groups in total. The molecule has 67 heavy (non-hydrogen) atoms. The Hall–Kier alpha value is -6.75. The first-order valence-electron chi connectivity index (χ1n) is 20.7. The maximum absolute atomic E-state index is 14.6. The van der Waals surface area contributed by atoms with Gasteiger partial charge in [0, 0.05) is 71.4 Å². The maximum atomic E-state index is 14.6. The number of hydrogen-bond donors (Lipinski definition) is 14. The summed E-state index contributed by atoms with van der Waals surface area (Å²) in [5, 5.41) is 124. The number of nitrogens with two attached hydrogens (primary N) is 1. The van der Waals surface area contributed by atoms with Crippen LogP contribution in [0, 0.1) is 11.8 Å². The third kappa shape index (κ3) is 7.11. The molecular weight excluding hydrogens is 886 g/mol. The normalized spacial score (nSPS) is 33.4. The second-order valence-corrected chi connectivity index (χ2v) is 16.7. The number of carbonyl (C=O) groups is 2. The highest BCUT2D eigenvalue weighted by Gasteiger charge is 2.69. The first kappa shape index (κ1) is 45.4. The number of aromatic hydroxyl groups is 3. The van der Waals surface area contributed by atoms with Gasteiger partial charge in [-0.1, -0.05) is 24.0 Å². The van der Waals surface area contributed by atoms with E-state index in [1.54, 1.807) is 30.5 Å². The van der Waals surface area contributed by atoms with E-state index in [4.69, 9.17) is 29.1 Å². The zero-order chi connectivity index (χ0) is 47.9. The van der Waals surface area contributed by atoms with Crippen LogP contribution in [0.5, 0.6) is 23.0 Å². The highest BCUT2D eigenvalue weighted by atomic mass is 16.8. The van der Waals surface area contributed by atoms with Crippen LogP contribution in [0.3, 0.4) is 0 Å². The lowest BCUT2D eigenvalue weighted by Gasteiger charge is -2.53. The molecule has 2 aromatic heterocycles. The number of carbonyl (C=O) groups excluding carboxylic acids is 1. The number of H-pyrrole nitrogens is 1. The van der Waals surface area contributed by atoms with E-state index in [0.29, 0.717) is 11.3 Å². The summed E-state index contributed by atoms with van der Waals surface area (Å²) in [7, 11) is 0. The van der Waals surface area contributed by atoms with Crippen LogP contribution in [-0.2, 0) is 36.6 Å². The number of allylic oxidation sites excluding steroid dienone is 3. The molecule has 22 nitrogen and oxygen atoms in total. The predicted molar refractivity (Wildman–Crippen MR) is 224 cm³/mol. The summed E-state index contributed by atoms with van der Waals surface area (Å²) in [5.74, 6) is -5.65. The molecule has 2 spiro atoms. The Labute approximate surface area is 376 Å². The quantitative estimate of drug-likeness (QED) is 0.0420. The number of hydrogen-bond acceptors (Lipinski definition) is 20. The van der Waals surface area contributed by atoms with Gasteiger partial charge in [0.15, 0.2) is 23.0 Å². The Morgan fingerprint density at radius 1 is 0.955 bits per heavy atom. The number of carboxylic acids is 1. The number of rotatable bonds is 7. The number of nitrogens with one attached hydrogen (secondary N) is 2. The van der Waals surface area contributed by atoms with Gasteiger partial charge < -0.3 is 95.6 Å². The monoisotopic (exact) mass is 929 g/mol. The minimum Gasteiger partial charge on any atom is -0.507 e. The number of aliphatic hydroxyl groups excluding tert-OH is 7. The molecule has 0 radical (unpaired) electrons. The molecule has 2 aromatic carbocycles. The van der Waals surface area contributed by atoms with Crippen LogP contribution in [0.15, 0.2) is 87.4 Å². The Morgan fingerprint density at radius 2 is 1.73 bits per heavy atom. The average Bonchev–Trinajstić information content (AvgIpc) is 3.78. The molecule has 5 aliphatic rings. The number of esters is 1. The van der Waals surface area contributed by atoms with E-state index in [0.717, 1.165) is 18.2 Å². The number of dihydropyridines is 1. The molecule has 22 heteroatoms. The molecule has 352 valence electrons. The van der Waals surface area contributed by atoms with Crippen molar-refractivity contribution >= 4 is 22.9 Å². The van der Waals surface area contributed by atoms with Crippen LogP contribution in [0.1, 0.15) is 29.2 Å². The summed E-state index contributed by atoms with van der Waals surface area (Å²) in [6.45, 7) is -0.414. The Kier molecular flexibility index (Phi) is 11.2. The Bertz CT molecular complexity index is 2900. The van der Waals surface area contributed by atoms with Gasteiger partial charge in [-0.2, -0.15) is 0 Å². The molecule has 4 aromatic rings. The molecule has 0 aliphatic carbocycles. The van der Waals surface area contributed by atoms with Gasteiger partial charge in [-0.05, 0) is 42.3 Å². The van der Waals surface area contributed by atoms with Crippen molar-refractivity contribution in [3.05, 3.63) is 105 Å². The summed E-state index contributed by atoms with van der Waals surface area (Å²) in [5.41, 5.74) is -0.451. The van der Waals surface area contributed by atoms with E-state index in [-0.39, 0.29) is 51.8 Å². The molecule has 7 heterocycles. The average molecular weight is 930 g/mol. The largest absolute Gasteiger partial charge is 0.507 e. The van der Waals surface area contributed by atoms with Crippen LogP contribution < -0.4 is 21.2 Å². The van der Waals surface area contributed by atoms with Crippen molar-refractivity contribution in [1.29, 1.82) is 0 Å². The van der Waals surface area contributed by atoms with Gasteiger partial charge in [0.25, 0.3) is 11.4 Å². The molecule has 0 amide bonds. The summed E-state index contributed by atoms with van der Waals surface area (Å²) in [6.07, 6.45) is -11.2. The molecule has 2 fully saturated rings. The van der Waals surface area contributed by atoms with Gasteiger partial charge in [0.1, 0.15) is 58.7 Å². The van der Waals surface area contributed by atoms with Crippen molar-refractivity contribution in [3.63, 3.8) is 0 Å². The van der Waals surface area contributed by atoms with Crippen LogP contribution in [-0.4, -0.2) is 146 Å². The molecular formula is C45H43N3O19. The van der Waals surface area contributed by atoms with Gasteiger partial charge in [-0.15, -0.1) is 0 Å². The second-order valence-electron chi connectivity index (χ2n) is 16.7. The summed E-state index contributed by atoms with van der Waals surface area (Å²) in [4.78, 5) is 44.4. The molecule has 2 bridgehead atoms. The van der Waals surface area contributed by atoms with Crippen LogP contribution in [0.2, 0.25) is 0 Å². The number of carboxylic acid groups (broad SMARTS) is 1. The topological polar surface area (TPSA) is 378 Å². The highest BCUT2D eigenvalue weighted by molar-refractivity contribution is 5.90. The van der Waals surface area contributed by atoms with E-state index in [1.807, 2.05) is 0 Å². The first-order chi connectivity index (χ1) is 31.8. The van der Waals surface area contributed by atoms with Crippen molar-refractivity contribution in [2.45, 2.75) is 91.2 Å². The number of aromatic nitrogens is 1. The molecule has 12 atom stereocenters. The number of aliphatic hydroxyl groups is 7. The molecule has 0 saturated carbocycles. The zero-order valence-electron chi connectivity index (χ0n) is 34.6. The van der Waals surface area contributed by atoms with Gasteiger partial charge in [0.05, 0.1) is 12.6 Å². The lowest BCUT2D eigenvalue weighted by molar-refractivity contribution is -0.354. The van der Waals surface area contributed by atoms with Crippen LogP contribution in [0.4, 0.5) is 0 Å². The number of aromatic amines is 1. The predicted octanol–water partition coefficient (Wildman–Crippen LogP) is -1.83. The van der Waals surface area contributed by atoms with E-state index in [9.17, 15) is 70.6 Å². The van der Waals surface area contributed by atoms with E-state index < -0.39 is 125 Å². The third-order valence-corrected chi connectivity index (χ3v) is 12.6. The maximum Gasteiger partial charge on any atom is 0.351 e. The minimum atomic E-state index is -3.02. The van der Waals surface area contributed by atoms with Crippen molar-refractivity contribution in [2.75, 3.05) is 6.61 Å². The third-order valence-electron chi connectivity index (χ3n) is 12.6. The van der Waals surface area contributed by atoms with Crippen molar-refractivity contribution < 1.29 is 89.1 Å². The van der Waals surface area contributed by atoms with Gasteiger partial charge in [-0.3, -0.25) is 4.79 Å². The summed E-state index contributed by atoms with van der Waals surface area (Å²) < 4.78 is 30.2. The summed E-state index contributed by atoms with van der Waals surface area (Å²) in [6, 6.07) is 7.87. The van der Waals surface area contributed by atoms with Gasteiger partial charge in [0.2, 0.25) is 11.9 Å². The second kappa shape index (κ2) is 16.5. The molecule has 5 aliphatic heterocycles. The van der Waals surface area contributed by atoms with Crippen molar-refractivity contribution in [2.24, 2.45) is 5.73 Å². The lowest BCUT2D eigenvalue weighted by Crippen LogP contribution is -2.75.